The Labute approximate surface area is 280 Å². The number of aromatic amines is 1. The Morgan fingerprint density at radius 1 is 0.938 bits per heavy atom. The normalized spacial score (nSPS) is 19.2. The highest BCUT2D eigenvalue weighted by Crippen LogP contribution is 2.30. The molecule has 48 heavy (non-hydrogen) atoms. The molecule has 0 bridgehead atoms. The zero-order valence-corrected chi connectivity index (χ0v) is 27.2. The zero-order valence-electron chi connectivity index (χ0n) is 27.2. The second-order valence-electron chi connectivity index (χ2n) is 12.8. The number of carbonyl (C=O) groups excluding carboxylic acids is 2. The lowest BCUT2D eigenvalue weighted by Gasteiger charge is -2.33. The summed E-state index contributed by atoms with van der Waals surface area (Å²) in [5.74, 6) is 0.628. The third-order valence-corrected chi connectivity index (χ3v) is 9.32. The van der Waals surface area contributed by atoms with E-state index >= 15 is 0 Å². The number of rotatable bonds is 10. The van der Waals surface area contributed by atoms with Gasteiger partial charge in [-0.3, -0.25) is 24.4 Å². The molecule has 3 N–H and O–H groups in total. The number of morpholine rings is 1. The van der Waals surface area contributed by atoms with E-state index in [4.69, 9.17) is 4.74 Å². The first kappa shape index (κ1) is 31.9. The molecule has 0 spiro atoms. The van der Waals surface area contributed by atoms with Gasteiger partial charge < -0.3 is 25.3 Å². The molecule has 0 aliphatic carbocycles. The van der Waals surface area contributed by atoms with Gasteiger partial charge in [0.15, 0.2) is 0 Å². The lowest BCUT2D eigenvalue weighted by atomic mass is 10.0. The molecule has 3 fully saturated rings. The van der Waals surface area contributed by atoms with Crippen LogP contribution in [0, 0.1) is 0 Å². The maximum absolute atomic E-state index is 13.2. The van der Waals surface area contributed by atoms with Crippen LogP contribution in [0.15, 0.2) is 67.1 Å². The van der Waals surface area contributed by atoms with Gasteiger partial charge in [0, 0.05) is 62.4 Å². The van der Waals surface area contributed by atoms with Crippen molar-refractivity contribution in [2.75, 3.05) is 69.2 Å². The van der Waals surface area contributed by atoms with Crippen molar-refractivity contribution in [3.63, 3.8) is 0 Å². The number of hydrogen-bond acceptors (Lipinski definition) is 9. The van der Waals surface area contributed by atoms with Gasteiger partial charge in [0.25, 0.3) is 5.91 Å². The molecule has 0 saturated carbocycles. The zero-order chi connectivity index (χ0) is 32.7. The van der Waals surface area contributed by atoms with Gasteiger partial charge in [-0.05, 0) is 86.8 Å². The number of benzene rings is 1. The molecule has 250 valence electrons. The summed E-state index contributed by atoms with van der Waals surface area (Å²) in [7, 11) is 0. The summed E-state index contributed by atoms with van der Waals surface area (Å²) in [5.41, 5.74) is 4.77. The number of pyridine rings is 1. The SMILES string of the molecule is O=C(/C=C/CN1CCCC1)N[C@@H]1CCCN(Cc2ccnc(C(=O)Nc3ccc(-c4cc5c(N6CCOCC6)ncnc5[nH]4)cc3)c2)C1. The molecule has 4 aromatic rings. The van der Waals surface area contributed by atoms with E-state index < -0.39 is 0 Å². The van der Waals surface area contributed by atoms with Crippen molar-refractivity contribution in [1.29, 1.82) is 0 Å². The number of aromatic nitrogens is 4. The maximum atomic E-state index is 13.2. The number of amides is 2. The summed E-state index contributed by atoms with van der Waals surface area (Å²) in [6.07, 6.45) is 11.4. The highest BCUT2D eigenvalue weighted by atomic mass is 16.5. The van der Waals surface area contributed by atoms with Crippen molar-refractivity contribution < 1.29 is 14.3 Å². The van der Waals surface area contributed by atoms with Gasteiger partial charge >= 0.3 is 0 Å². The highest BCUT2D eigenvalue weighted by molar-refractivity contribution is 6.03. The average molecular weight is 650 g/mol. The Bertz CT molecular complexity index is 1740. The molecular weight excluding hydrogens is 606 g/mol. The Kier molecular flexibility index (Phi) is 10.0. The fourth-order valence-electron chi connectivity index (χ4n) is 6.83. The first-order chi connectivity index (χ1) is 23.6. The maximum Gasteiger partial charge on any atom is 0.274 e. The number of H-pyrrole nitrogens is 1. The molecule has 3 aromatic heterocycles. The second kappa shape index (κ2) is 15.1. The van der Waals surface area contributed by atoms with E-state index in [0.29, 0.717) is 31.1 Å². The van der Waals surface area contributed by atoms with E-state index in [1.54, 1.807) is 18.6 Å². The predicted molar refractivity (Wildman–Crippen MR) is 186 cm³/mol. The van der Waals surface area contributed by atoms with E-state index in [0.717, 1.165) is 92.3 Å². The fraction of sp³-hybridized carbons (Fsp3) is 0.417. The van der Waals surface area contributed by atoms with Crippen LogP contribution >= 0.6 is 0 Å². The lowest BCUT2D eigenvalue weighted by Crippen LogP contribution is -2.47. The van der Waals surface area contributed by atoms with Crippen molar-refractivity contribution in [2.24, 2.45) is 0 Å². The number of fused-ring (bicyclic) bond motifs is 1. The van der Waals surface area contributed by atoms with Crippen molar-refractivity contribution >= 4 is 34.4 Å². The second-order valence-corrected chi connectivity index (χ2v) is 12.8. The standard InChI is InChI=1S/C36H43N9O3/c46-33(6-4-15-43-13-1-2-14-43)40-29-5-3-16-44(24-29)23-26-11-12-37-32(21-26)36(47)41-28-9-7-27(8-10-28)31-22-30-34(42-31)38-25-39-35(30)45-17-19-48-20-18-45/h4,6-12,21-22,25,29H,1-3,5,13-20,23-24H2,(H,40,46)(H,41,47)(H,38,39,42)/b6-4+/t29-/m1/s1. The molecule has 1 aromatic carbocycles. The van der Waals surface area contributed by atoms with E-state index in [-0.39, 0.29) is 17.9 Å². The molecule has 2 amide bonds. The van der Waals surface area contributed by atoms with Crippen LogP contribution < -0.4 is 15.5 Å². The Hall–Kier alpha value is -4.65. The van der Waals surface area contributed by atoms with Crippen molar-refractivity contribution in [2.45, 2.75) is 38.3 Å². The smallest absolute Gasteiger partial charge is 0.274 e. The number of anilines is 2. The van der Waals surface area contributed by atoms with E-state index in [1.165, 1.54) is 12.8 Å². The van der Waals surface area contributed by atoms with Gasteiger partial charge in [-0.25, -0.2) is 9.97 Å². The van der Waals surface area contributed by atoms with E-state index in [1.807, 2.05) is 42.5 Å². The summed E-state index contributed by atoms with van der Waals surface area (Å²) in [4.78, 5) is 49.4. The minimum absolute atomic E-state index is 0.0227. The van der Waals surface area contributed by atoms with Crippen LogP contribution in [-0.4, -0.2) is 107 Å². The minimum Gasteiger partial charge on any atom is -0.378 e. The molecule has 3 saturated heterocycles. The van der Waals surface area contributed by atoms with Gasteiger partial charge in [-0.15, -0.1) is 0 Å². The lowest BCUT2D eigenvalue weighted by molar-refractivity contribution is -0.117. The van der Waals surface area contributed by atoms with E-state index in [2.05, 4.69) is 51.3 Å². The van der Waals surface area contributed by atoms with Crippen LogP contribution in [-0.2, 0) is 16.1 Å². The molecule has 7 rings (SSSR count). The molecule has 12 nitrogen and oxygen atoms in total. The Morgan fingerprint density at radius 3 is 2.58 bits per heavy atom. The van der Waals surface area contributed by atoms with Crippen LogP contribution in [0.4, 0.5) is 11.5 Å². The topological polar surface area (TPSA) is 132 Å². The largest absolute Gasteiger partial charge is 0.378 e. The summed E-state index contributed by atoms with van der Waals surface area (Å²) < 4.78 is 5.50. The fourth-order valence-corrected chi connectivity index (χ4v) is 6.83. The molecule has 6 heterocycles. The van der Waals surface area contributed by atoms with Crippen molar-refractivity contribution in [3.05, 3.63) is 78.4 Å². The number of hydrogen-bond donors (Lipinski definition) is 3. The Morgan fingerprint density at radius 2 is 1.75 bits per heavy atom. The van der Waals surface area contributed by atoms with E-state index in [9.17, 15) is 9.59 Å². The number of ether oxygens (including phenoxy) is 1. The molecule has 12 heteroatoms. The summed E-state index contributed by atoms with van der Waals surface area (Å²) >= 11 is 0. The van der Waals surface area contributed by atoms with Gasteiger partial charge in [-0.2, -0.15) is 0 Å². The molecule has 3 aliphatic rings. The van der Waals surface area contributed by atoms with Crippen LogP contribution in [0.3, 0.4) is 0 Å². The molecule has 0 unspecified atom stereocenters. The predicted octanol–water partition coefficient (Wildman–Crippen LogP) is 3.84. The van der Waals surface area contributed by atoms with Gasteiger partial charge in [0.1, 0.15) is 23.5 Å². The van der Waals surface area contributed by atoms with Gasteiger partial charge in [0.2, 0.25) is 5.91 Å². The summed E-state index contributed by atoms with van der Waals surface area (Å²) in [6.45, 7) is 8.47. The molecular formula is C36H43N9O3. The van der Waals surface area contributed by atoms with Crippen LogP contribution in [0.5, 0.6) is 0 Å². The summed E-state index contributed by atoms with van der Waals surface area (Å²) in [6, 6.07) is 13.7. The minimum atomic E-state index is -0.259. The molecule has 3 aliphatic heterocycles. The molecule has 1 atom stereocenters. The van der Waals surface area contributed by atoms with Crippen LogP contribution in [0.1, 0.15) is 41.7 Å². The highest BCUT2D eigenvalue weighted by Gasteiger charge is 2.22. The van der Waals surface area contributed by atoms with Crippen LogP contribution in [0.25, 0.3) is 22.3 Å². The third kappa shape index (κ3) is 7.89. The van der Waals surface area contributed by atoms with Gasteiger partial charge in [-0.1, -0.05) is 18.2 Å². The number of likely N-dealkylation sites (tertiary alicyclic amines) is 2. The van der Waals surface area contributed by atoms with Crippen molar-refractivity contribution in [3.8, 4) is 11.3 Å². The molecule has 0 radical (unpaired) electrons. The number of nitrogens with zero attached hydrogens (tertiary/aromatic N) is 6. The third-order valence-electron chi connectivity index (χ3n) is 9.32. The first-order valence-corrected chi connectivity index (χ1v) is 17.0. The first-order valence-electron chi connectivity index (χ1n) is 17.0. The quantitative estimate of drug-likeness (QED) is 0.219. The summed E-state index contributed by atoms with van der Waals surface area (Å²) in [5, 5.41) is 7.14. The number of piperidine rings is 1. The number of carbonyl (C=O) groups is 2. The monoisotopic (exact) mass is 649 g/mol. The van der Waals surface area contributed by atoms with Crippen LogP contribution in [0.2, 0.25) is 0 Å². The number of nitrogens with one attached hydrogen (secondary N) is 3. The van der Waals surface area contributed by atoms with Crippen molar-refractivity contribution in [1.82, 2.24) is 35.1 Å². The average Bonchev–Trinajstić information content (AvgIpc) is 3.80. The Balaban J connectivity index is 0.930. The van der Waals surface area contributed by atoms with Gasteiger partial charge in [0.05, 0.1) is 18.6 Å².